The molecule has 1 heterocycles. The van der Waals surface area contributed by atoms with Gasteiger partial charge in [0.15, 0.2) is 6.79 Å². The van der Waals surface area contributed by atoms with Crippen LogP contribution in [0.1, 0.15) is 12.0 Å². The number of nitrogens with zero attached hydrogens (tertiary/aromatic N) is 1. The summed E-state index contributed by atoms with van der Waals surface area (Å²) in [5.74, 6) is 1.35. The third-order valence-corrected chi connectivity index (χ3v) is 4.26. The summed E-state index contributed by atoms with van der Waals surface area (Å²) in [6.07, 6.45) is 0.685. The monoisotopic (exact) mass is 263 g/mol. The topological polar surface area (TPSA) is 59.0 Å². The lowest BCUT2D eigenvalue weighted by Crippen LogP contribution is -2.33. The standard InChI is InChI=1S/C14H17NO4/c1-18-12-4-2-10(3-5-12)14-6-11(14)7-15(8-14)13(17)19-9-16/h2-5,11,16H,6-9H2,1H3. The summed E-state index contributed by atoms with van der Waals surface area (Å²) in [6, 6.07) is 8.04. The molecule has 1 amide bonds. The molecule has 2 atom stereocenters. The number of amides is 1. The van der Waals surface area contributed by atoms with Gasteiger partial charge in [-0.15, -0.1) is 0 Å². The Morgan fingerprint density at radius 3 is 2.84 bits per heavy atom. The van der Waals surface area contributed by atoms with Crippen molar-refractivity contribution in [3.8, 4) is 5.75 Å². The number of likely N-dealkylation sites (tertiary alicyclic amines) is 1. The number of piperidine rings is 1. The van der Waals surface area contributed by atoms with Crippen LogP contribution >= 0.6 is 0 Å². The lowest BCUT2D eigenvalue weighted by atomic mass is 9.95. The Kier molecular flexibility index (Phi) is 2.86. The van der Waals surface area contributed by atoms with Gasteiger partial charge in [0, 0.05) is 18.5 Å². The van der Waals surface area contributed by atoms with Gasteiger partial charge in [0.25, 0.3) is 0 Å². The van der Waals surface area contributed by atoms with Crippen LogP contribution in [0.25, 0.3) is 0 Å². The van der Waals surface area contributed by atoms with Gasteiger partial charge < -0.3 is 19.5 Å². The number of aliphatic hydroxyl groups is 1. The number of aliphatic hydroxyl groups excluding tert-OH is 1. The van der Waals surface area contributed by atoms with E-state index >= 15 is 0 Å². The molecular weight excluding hydrogens is 246 g/mol. The Morgan fingerprint density at radius 2 is 2.21 bits per heavy atom. The number of fused-ring (bicyclic) bond motifs is 1. The molecule has 1 saturated heterocycles. The van der Waals surface area contributed by atoms with E-state index in [1.54, 1.807) is 12.0 Å². The van der Waals surface area contributed by atoms with Crippen LogP contribution in [-0.2, 0) is 10.2 Å². The average molecular weight is 263 g/mol. The van der Waals surface area contributed by atoms with Gasteiger partial charge in [0.1, 0.15) is 5.75 Å². The van der Waals surface area contributed by atoms with Crippen LogP contribution in [-0.4, -0.2) is 43.1 Å². The highest BCUT2D eigenvalue weighted by Gasteiger charge is 2.61. The second-order valence-electron chi connectivity index (χ2n) is 5.21. The van der Waals surface area contributed by atoms with Gasteiger partial charge in [0.2, 0.25) is 0 Å². The molecule has 2 unspecified atom stereocenters. The van der Waals surface area contributed by atoms with Crippen molar-refractivity contribution in [2.24, 2.45) is 5.92 Å². The zero-order valence-electron chi connectivity index (χ0n) is 10.8. The van der Waals surface area contributed by atoms with Gasteiger partial charge in [-0.3, -0.25) is 0 Å². The third kappa shape index (κ3) is 1.94. The van der Waals surface area contributed by atoms with Crippen LogP contribution < -0.4 is 4.74 Å². The smallest absolute Gasteiger partial charge is 0.411 e. The summed E-state index contributed by atoms with van der Waals surface area (Å²) in [5, 5.41) is 8.63. The number of hydrogen-bond donors (Lipinski definition) is 1. The van der Waals surface area contributed by atoms with E-state index in [1.165, 1.54) is 5.56 Å². The maximum atomic E-state index is 11.6. The number of ether oxygens (including phenoxy) is 2. The van der Waals surface area contributed by atoms with Crippen LogP contribution in [0.2, 0.25) is 0 Å². The van der Waals surface area contributed by atoms with Gasteiger partial charge in [-0.2, -0.15) is 0 Å². The normalized spacial score (nSPS) is 27.9. The third-order valence-electron chi connectivity index (χ3n) is 4.26. The van der Waals surface area contributed by atoms with Crippen molar-refractivity contribution in [3.05, 3.63) is 29.8 Å². The molecule has 0 radical (unpaired) electrons. The lowest BCUT2D eigenvalue weighted by Gasteiger charge is -2.20. The minimum Gasteiger partial charge on any atom is -0.497 e. The average Bonchev–Trinajstić information content (AvgIpc) is 3.01. The Hall–Kier alpha value is -1.75. The van der Waals surface area contributed by atoms with Crippen molar-refractivity contribution in [2.75, 3.05) is 27.0 Å². The van der Waals surface area contributed by atoms with Crippen LogP contribution in [0.15, 0.2) is 24.3 Å². The molecule has 5 nitrogen and oxygen atoms in total. The highest BCUT2D eigenvalue weighted by molar-refractivity contribution is 5.69. The number of carbonyl (C=O) groups is 1. The van der Waals surface area contributed by atoms with Gasteiger partial charge in [-0.05, 0) is 30.0 Å². The maximum absolute atomic E-state index is 11.6. The number of methoxy groups -OCH3 is 1. The minimum absolute atomic E-state index is 0.0841. The first kappa shape index (κ1) is 12.3. The van der Waals surface area contributed by atoms with E-state index in [9.17, 15) is 4.79 Å². The fraction of sp³-hybridized carbons (Fsp3) is 0.500. The molecule has 0 aromatic heterocycles. The zero-order valence-corrected chi connectivity index (χ0v) is 10.8. The first-order chi connectivity index (χ1) is 9.19. The van der Waals surface area contributed by atoms with E-state index < -0.39 is 12.9 Å². The van der Waals surface area contributed by atoms with Crippen molar-refractivity contribution >= 4 is 6.09 Å². The van der Waals surface area contributed by atoms with Crippen molar-refractivity contribution in [1.29, 1.82) is 0 Å². The summed E-state index contributed by atoms with van der Waals surface area (Å²) in [7, 11) is 1.65. The zero-order chi connectivity index (χ0) is 13.5. The molecule has 2 fully saturated rings. The molecule has 0 bridgehead atoms. The highest BCUT2D eigenvalue weighted by atomic mass is 16.6. The number of carbonyl (C=O) groups excluding carboxylic acids is 1. The van der Waals surface area contributed by atoms with Crippen molar-refractivity contribution in [3.63, 3.8) is 0 Å². The molecule has 2 aliphatic rings. The van der Waals surface area contributed by atoms with E-state index in [0.29, 0.717) is 19.0 Å². The largest absolute Gasteiger partial charge is 0.497 e. The Bertz CT molecular complexity index is 487. The maximum Gasteiger partial charge on any atom is 0.411 e. The summed E-state index contributed by atoms with van der Waals surface area (Å²) in [6.45, 7) is 0.823. The molecule has 1 N–H and O–H groups in total. The molecule has 1 aliphatic heterocycles. The fourth-order valence-corrected chi connectivity index (χ4v) is 3.14. The van der Waals surface area contributed by atoms with E-state index in [4.69, 9.17) is 9.84 Å². The second-order valence-corrected chi connectivity index (χ2v) is 5.21. The quantitative estimate of drug-likeness (QED) is 0.836. The van der Waals surface area contributed by atoms with Crippen LogP contribution in [0.4, 0.5) is 4.79 Å². The highest BCUT2D eigenvalue weighted by Crippen LogP contribution is 2.59. The van der Waals surface area contributed by atoms with E-state index in [0.717, 1.165) is 12.2 Å². The molecule has 1 aliphatic carbocycles. The Labute approximate surface area is 111 Å². The SMILES string of the molecule is COc1ccc(C23CC2CN(C(=O)OCO)C3)cc1. The van der Waals surface area contributed by atoms with E-state index in [1.807, 2.05) is 12.1 Å². The number of benzene rings is 1. The molecule has 102 valence electrons. The predicted molar refractivity (Wildman–Crippen MR) is 67.9 cm³/mol. The van der Waals surface area contributed by atoms with Crippen LogP contribution in [0.3, 0.4) is 0 Å². The fourth-order valence-electron chi connectivity index (χ4n) is 3.14. The van der Waals surface area contributed by atoms with Crippen LogP contribution in [0, 0.1) is 5.92 Å². The van der Waals surface area contributed by atoms with Gasteiger partial charge in [-0.25, -0.2) is 4.79 Å². The predicted octanol–water partition coefficient (Wildman–Crippen LogP) is 1.35. The first-order valence-electron chi connectivity index (χ1n) is 6.37. The number of rotatable bonds is 3. The summed E-state index contributed by atoms with van der Waals surface area (Å²) in [4.78, 5) is 13.3. The summed E-state index contributed by atoms with van der Waals surface area (Å²) >= 11 is 0. The van der Waals surface area contributed by atoms with E-state index in [-0.39, 0.29) is 5.41 Å². The Morgan fingerprint density at radius 1 is 1.47 bits per heavy atom. The first-order valence-corrected chi connectivity index (χ1v) is 6.37. The van der Waals surface area contributed by atoms with Gasteiger partial charge >= 0.3 is 6.09 Å². The molecule has 1 aromatic rings. The lowest BCUT2D eigenvalue weighted by molar-refractivity contribution is 0.0238. The van der Waals surface area contributed by atoms with Crippen molar-refractivity contribution in [1.82, 2.24) is 4.90 Å². The molecule has 3 rings (SSSR count). The minimum atomic E-state index is -0.560. The second kappa shape index (κ2) is 4.42. The molecule has 1 saturated carbocycles. The Balaban J connectivity index is 1.74. The number of hydrogen-bond acceptors (Lipinski definition) is 4. The van der Waals surface area contributed by atoms with Gasteiger partial charge in [-0.1, -0.05) is 12.1 Å². The molecule has 0 spiro atoms. The molecule has 5 heteroatoms. The molecule has 19 heavy (non-hydrogen) atoms. The van der Waals surface area contributed by atoms with Crippen molar-refractivity contribution in [2.45, 2.75) is 11.8 Å². The molecule has 1 aromatic carbocycles. The summed E-state index contributed by atoms with van der Waals surface area (Å²) in [5.41, 5.74) is 1.33. The summed E-state index contributed by atoms with van der Waals surface area (Å²) < 4.78 is 9.79. The van der Waals surface area contributed by atoms with E-state index in [2.05, 4.69) is 16.9 Å². The van der Waals surface area contributed by atoms with Gasteiger partial charge in [0.05, 0.1) is 7.11 Å². The molecular formula is C14H17NO4. The van der Waals surface area contributed by atoms with Crippen LogP contribution in [0.5, 0.6) is 5.75 Å². The van der Waals surface area contributed by atoms with Crippen molar-refractivity contribution < 1.29 is 19.4 Å².